The van der Waals surface area contributed by atoms with Crippen molar-refractivity contribution in [3.8, 4) is 5.75 Å². The average Bonchev–Trinajstić information content (AvgIpc) is 3.21. The zero-order valence-corrected chi connectivity index (χ0v) is 19.1. The number of likely N-dealkylation sites (tertiary alicyclic amines) is 1. The molecule has 0 aliphatic carbocycles. The van der Waals surface area contributed by atoms with E-state index in [9.17, 15) is 4.79 Å². The van der Waals surface area contributed by atoms with Crippen molar-refractivity contribution < 1.29 is 9.53 Å². The number of ether oxygens (including phenoxy) is 1. The highest BCUT2D eigenvalue weighted by Gasteiger charge is 2.17. The molecular formula is C22H33N5O2S. The van der Waals surface area contributed by atoms with E-state index in [1.165, 1.54) is 37.3 Å². The maximum atomic E-state index is 12.3. The number of hydrogen-bond acceptors (Lipinski definition) is 7. The Morgan fingerprint density at radius 3 is 3.07 bits per heavy atom. The number of aromatic nitrogens is 2. The van der Waals surface area contributed by atoms with E-state index in [4.69, 9.17) is 4.74 Å². The van der Waals surface area contributed by atoms with Gasteiger partial charge in [-0.2, -0.15) is 4.37 Å². The molecule has 1 unspecified atom stereocenters. The van der Waals surface area contributed by atoms with Crippen molar-refractivity contribution in [2.24, 2.45) is 0 Å². The summed E-state index contributed by atoms with van der Waals surface area (Å²) in [6.45, 7) is 5.55. The number of nitrogens with zero attached hydrogens (tertiary/aromatic N) is 4. The van der Waals surface area contributed by atoms with Crippen LogP contribution in [0.25, 0.3) is 0 Å². The fourth-order valence-electron chi connectivity index (χ4n) is 3.78. The number of nitrogens with one attached hydrogen (secondary N) is 1. The molecule has 1 aliphatic heterocycles. The van der Waals surface area contributed by atoms with Crippen molar-refractivity contribution in [1.29, 1.82) is 0 Å². The monoisotopic (exact) mass is 431 g/mol. The van der Waals surface area contributed by atoms with Crippen LogP contribution in [-0.2, 0) is 11.2 Å². The summed E-state index contributed by atoms with van der Waals surface area (Å²) in [5.41, 5.74) is 1.10. The largest absolute Gasteiger partial charge is 0.497 e. The summed E-state index contributed by atoms with van der Waals surface area (Å²) in [5.74, 6) is 1.60. The summed E-state index contributed by atoms with van der Waals surface area (Å²) in [5, 5.41) is 3.79. The maximum Gasteiger partial charge on any atom is 0.239 e. The van der Waals surface area contributed by atoms with E-state index in [2.05, 4.69) is 26.5 Å². The number of amides is 1. The van der Waals surface area contributed by atoms with Crippen LogP contribution < -0.4 is 15.0 Å². The standard InChI is InChI=1S/C22H33N5O2S/c1-17-8-4-5-12-27(17)13-7-11-23-21(28)16-26(2)22-24-20(25-30-22)15-18-9-6-10-19(14-18)29-3/h6,9-10,14,17H,4-5,7-8,11-13,15-16H2,1-3H3,(H,23,28). The van der Waals surface area contributed by atoms with Gasteiger partial charge in [0.2, 0.25) is 11.0 Å². The lowest BCUT2D eigenvalue weighted by Gasteiger charge is -2.33. The summed E-state index contributed by atoms with van der Waals surface area (Å²) in [7, 11) is 3.54. The van der Waals surface area contributed by atoms with Crippen molar-refractivity contribution >= 4 is 22.6 Å². The SMILES string of the molecule is COc1cccc(Cc2nsc(N(C)CC(=O)NCCCN3CCCCC3C)n2)c1. The Kier molecular flexibility index (Phi) is 8.45. The van der Waals surface area contributed by atoms with Gasteiger partial charge in [-0.1, -0.05) is 18.6 Å². The van der Waals surface area contributed by atoms with Crippen LogP contribution in [0.15, 0.2) is 24.3 Å². The van der Waals surface area contributed by atoms with Gasteiger partial charge in [-0.05, 0) is 50.4 Å². The second kappa shape index (κ2) is 11.3. The lowest BCUT2D eigenvalue weighted by molar-refractivity contribution is -0.119. The Hall–Kier alpha value is -2.19. The first-order valence-corrected chi connectivity index (χ1v) is 11.5. The number of hydrogen-bond donors (Lipinski definition) is 1. The van der Waals surface area contributed by atoms with Gasteiger partial charge in [-0.3, -0.25) is 4.79 Å². The van der Waals surface area contributed by atoms with Crippen LogP contribution in [0.1, 0.15) is 44.0 Å². The van der Waals surface area contributed by atoms with Crippen LogP contribution in [0.5, 0.6) is 5.75 Å². The number of carbonyl (C=O) groups is 1. The number of rotatable bonds is 10. The van der Waals surface area contributed by atoms with Gasteiger partial charge in [-0.25, -0.2) is 4.98 Å². The molecule has 3 rings (SSSR count). The molecule has 1 aromatic heterocycles. The minimum absolute atomic E-state index is 0.0220. The first-order valence-electron chi connectivity index (χ1n) is 10.7. The Morgan fingerprint density at radius 1 is 1.40 bits per heavy atom. The van der Waals surface area contributed by atoms with E-state index >= 15 is 0 Å². The summed E-state index contributed by atoms with van der Waals surface area (Å²) >= 11 is 1.32. The van der Waals surface area contributed by atoms with Gasteiger partial charge in [-0.15, -0.1) is 0 Å². The van der Waals surface area contributed by atoms with Crippen LogP contribution >= 0.6 is 11.5 Å². The highest BCUT2D eigenvalue weighted by atomic mass is 32.1. The van der Waals surface area contributed by atoms with Gasteiger partial charge in [0.05, 0.1) is 13.7 Å². The number of benzene rings is 1. The zero-order valence-electron chi connectivity index (χ0n) is 18.3. The third-order valence-corrected chi connectivity index (χ3v) is 6.41. The minimum Gasteiger partial charge on any atom is -0.497 e. The van der Waals surface area contributed by atoms with Crippen LogP contribution in [0.3, 0.4) is 0 Å². The minimum atomic E-state index is 0.0220. The molecular weight excluding hydrogens is 398 g/mol. The summed E-state index contributed by atoms with van der Waals surface area (Å²) in [4.78, 5) is 21.3. The number of methoxy groups -OCH3 is 1. The number of likely N-dealkylation sites (N-methyl/N-ethyl adjacent to an activating group) is 1. The van der Waals surface area contributed by atoms with Gasteiger partial charge >= 0.3 is 0 Å². The normalized spacial score (nSPS) is 17.0. The maximum absolute atomic E-state index is 12.3. The smallest absolute Gasteiger partial charge is 0.239 e. The van der Waals surface area contributed by atoms with Crippen molar-refractivity contribution in [3.63, 3.8) is 0 Å². The molecule has 0 saturated carbocycles. The number of anilines is 1. The molecule has 1 atom stereocenters. The zero-order chi connectivity index (χ0) is 21.3. The van der Waals surface area contributed by atoms with E-state index in [-0.39, 0.29) is 12.5 Å². The second-order valence-corrected chi connectivity index (χ2v) is 8.69. The highest BCUT2D eigenvalue weighted by molar-refractivity contribution is 7.09. The summed E-state index contributed by atoms with van der Waals surface area (Å²) in [6, 6.07) is 8.57. The van der Waals surface area contributed by atoms with Crippen LogP contribution in [0.2, 0.25) is 0 Å². The molecule has 8 heteroatoms. The van der Waals surface area contributed by atoms with E-state index in [1.807, 2.05) is 36.2 Å². The van der Waals surface area contributed by atoms with Gasteiger partial charge in [0.1, 0.15) is 11.6 Å². The second-order valence-electron chi connectivity index (χ2n) is 7.96. The average molecular weight is 432 g/mol. The number of piperidine rings is 1. The fraction of sp³-hybridized carbons (Fsp3) is 0.591. The molecule has 0 spiro atoms. The molecule has 1 N–H and O–H groups in total. The topological polar surface area (TPSA) is 70.6 Å². The van der Waals surface area contributed by atoms with Gasteiger partial charge in [0.15, 0.2) is 0 Å². The molecule has 1 amide bonds. The molecule has 1 saturated heterocycles. The molecule has 1 aromatic carbocycles. The Balaban J connectivity index is 1.39. The van der Waals surface area contributed by atoms with E-state index in [0.29, 0.717) is 19.0 Å². The molecule has 164 valence electrons. The molecule has 0 radical (unpaired) electrons. The summed E-state index contributed by atoms with van der Waals surface area (Å²) in [6.07, 6.45) is 5.56. The van der Waals surface area contributed by atoms with E-state index in [0.717, 1.165) is 35.2 Å². The van der Waals surface area contributed by atoms with Gasteiger partial charge in [0.25, 0.3) is 0 Å². The Bertz CT molecular complexity index is 812. The van der Waals surface area contributed by atoms with Crippen LogP contribution in [0.4, 0.5) is 5.13 Å². The lowest BCUT2D eigenvalue weighted by Crippen LogP contribution is -2.40. The first-order chi connectivity index (χ1) is 14.5. The summed E-state index contributed by atoms with van der Waals surface area (Å²) < 4.78 is 9.71. The molecule has 1 aliphatic rings. The fourth-order valence-corrected chi connectivity index (χ4v) is 4.42. The van der Waals surface area contributed by atoms with Crippen molar-refractivity contribution in [2.75, 3.05) is 45.2 Å². The predicted octanol–water partition coefficient (Wildman–Crippen LogP) is 2.95. The van der Waals surface area contributed by atoms with Crippen molar-refractivity contribution in [3.05, 3.63) is 35.7 Å². The van der Waals surface area contributed by atoms with E-state index < -0.39 is 0 Å². The predicted molar refractivity (Wildman–Crippen MR) is 121 cm³/mol. The Morgan fingerprint density at radius 2 is 2.27 bits per heavy atom. The third-order valence-electron chi connectivity index (χ3n) is 5.55. The molecule has 7 nitrogen and oxygen atoms in total. The van der Waals surface area contributed by atoms with Crippen LogP contribution in [0, 0.1) is 0 Å². The van der Waals surface area contributed by atoms with Crippen LogP contribution in [-0.4, -0.2) is 66.5 Å². The van der Waals surface area contributed by atoms with Gasteiger partial charge < -0.3 is 19.9 Å². The van der Waals surface area contributed by atoms with Crippen molar-refractivity contribution in [1.82, 2.24) is 19.6 Å². The van der Waals surface area contributed by atoms with Gasteiger partial charge in [0, 0.05) is 44.1 Å². The quantitative estimate of drug-likeness (QED) is 0.583. The highest BCUT2D eigenvalue weighted by Crippen LogP contribution is 2.20. The molecule has 0 bridgehead atoms. The van der Waals surface area contributed by atoms with Crippen molar-refractivity contribution in [2.45, 2.75) is 45.1 Å². The lowest BCUT2D eigenvalue weighted by atomic mass is 10.0. The third kappa shape index (κ3) is 6.67. The molecule has 2 aromatic rings. The van der Waals surface area contributed by atoms with E-state index in [1.54, 1.807) is 7.11 Å². The molecule has 30 heavy (non-hydrogen) atoms. The molecule has 1 fully saturated rings. The first kappa shape index (κ1) is 22.5. The molecule has 2 heterocycles. The Labute approximate surface area is 183 Å². The number of carbonyl (C=O) groups excluding carboxylic acids is 1.